The molecule has 3 heteroatoms. The lowest BCUT2D eigenvalue weighted by atomic mass is 9.96. The highest BCUT2D eigenvalue weighted by Gasteiger charge is 2.07. The maximum Gasteiger partial charge on any atom is 0.114 e. The molecule has 0 saturated carbocycles. The van der Waals surface area contributed by atoms with Gasteiger partial charge in [-0.3, -0.25) is 0 Å². The first-order valence-corrected chi connectivity index (χ1v) is 8.11. The Balaban J connectivity index is 2.46. The molecule has 0 N–H and O–H groups in total. The molecule has 0 aromatic carbocycles. The Labute approximate surface area is 126 Å². The molecule has 1 rings (SSSR count). The van der Waals surface area contributed by atoms with Crippen LogP contribution in [0.2, 0.25) is 0 Å². The van der Waals surface area contributed by atoms with Crippen molar-refractivity contribution in [1.82, 2.24) is 4.98 Å². The molecule has 0 aliphatic carbocycles. The van der Waals surface area contributed by atoms with Crippen LogP contribution in [-0.2, 0) is 0 Å². The van der Waals surface area contributed by atoms with Crippen molar-refractivity contribution in [2.75, 3.05) is 0 Å². The van der Waals surface area contributed by atoms with E-state index in [0.29, 0.717) is 5.92 Å². The summed E-state index contributed by atoms with van der Waals surface area (Å²) in [6.07, 6.45) is 8.73. The zero-order valence-corrected chi connectivity index (χ0v) is 14.3. The topological polar surface area (TPSA) is 12.9 Å². The molecule has 0 bridgehead atoms. The Kier molecular flexibility index (Phi) is 7.19. The third-order valence-electron chi connectivity index (χ3n) is 2.88. The summed E-state index contributed by atoms with van der Waals surface area (Å²) in [6, 6.07) is 2.28. The Morgan fingerprint density at radius 2 is 2.00 bits per heavy atom. The molecule has 0 amide bonds. The minimum atomic E-state index is 0.648. The highest BCUT2D eigenvalue weighted by atomic mass is 127. The van der Waals surface area contributed by atoms with Gasteiger partial charge in [-0.2, -0.15) is 0 Å². The number of rotatable bonds is 6. The van der Waals surface area contributed by atoms with Gasteiger partial charge in [0.05, 0.1) is 0 Å². The second-order valence-electron chi connectivity index (χ2n) is 4.29. The van der Waals surface area contributed by atoms with Crippen LogP contribution in [0, 0.1) is 7.27 Å². The van der Waals surface area contributed by atoms with E-state index in [1.165, 1.54) is 41.2 Å². The largest absolute Gasteiger partial charge is 0.249 e. The van der Waals surface area contributed by atoms with E-state index in [-0.39, 0.29) is 0 Å². The van der Waals surface area contributed by atoms with Gasteiger partial charge in [-0.05, 0) is 69.2 Å². The van der Waals surface area contributed by atoms with Crippen molar-refractivity contribution in [2.45, 2.75) is 51.9 Å². The summed E-state index contributed by atoms with van der Waals surface area (Å²) in [5.74, 6) is 0.648. The predicted molar refractivity (Wildman–Crippen MR) is 86.8 cm³/mol. The highest BCUT2D eigenvalue weighted by Crippen LogP contribution is 2.24. The predicted octanol–water partition coefficient (Wildman–Crippen LogP) is 5.36. The summed E-state index contributed by atoms with van der Waals surface area (Å²) < 4.78 is 2.39. The van der Waals surface area contributed by atoms with E-state index in [1.807, 2.05) is 6.20 Å². The van der Waals surface area contributed by atoms with Gasteiger partial charge in [0.15, 0.2) is 0 Å². The normalized spacial score (nSPS) is 12.8. The number of hydrogen-bond acceptors (Lipinski definition) is 1. The van der Waals surface area contributed by atoms with Gasteiger partial charge in [-0.1, -0.05) is 39.5 Å². The second kappa shape index (κ2) is 7.84. The maximum atomic E-state index is 4.42. The van der Waals surface area contributed by atoms with Crippen LogP contribution in [0.1, 0.15) is 57.4 Å². The number of pyridine rings is 1. The summed E-state index contributed by atoms with van der Waals surface area (Å²) in [4.78, 5) is 4.42. The van der Waals surface area contributed by atoms with Crippen LogP contribution < -0.4 is 0 Å². The molecule has 0 radical (unpaired) electrons. The van der Waals surface area contributed by atoms with E-state index in [9.17, 15) is 0 Å². The van der Waals surface area contributed by atoms with Crippen molar-refractivity contribution in [3.05, 3.63) is 25.1 Å². The van der Waals surface area contributed by atoms with Gasteiger partial charge >= 0.3 is 0 Å². The maximum absolute atomic E-state index is 4.42. The van der Waals surface area contributed by atoms with E-state index in [0.717, 1.165) is 3.70 Å². The Hall–Kier alpha value is 0.610. The zero-order valence-electron chi connectivity index (χ0n) is 9.97. The second-order valence-corrected chi connectivity index (χ2v) is 6.48. The molecular weight excluding hydrogens is 424 g/mol. The third kappa shape index (κ3) is 4.85. The van der Waals surface area contributed by atoms with Gasteiger partial charge in [0, 0.05) is 9.77 Å². The average Bonchev–Trinajstić information content (AvgIpc) is 2.28. The first-order chi connectivity index (χ1) is 7.65. The number of halogens is 2. The van der Waals surface area contributed by atoms with Crippen LogP contribution in [0.3, 0.4) is 0 Å². The van der Waals surface area contributed by atoms with Crippen molar-refractivity contribution in [3.8, 4) is 0 Å². The summed E-state index contributed by atoms with van der Waals surface area (Å²) >= 11 is 4.65. The number of nitrogens with zero attached hydrogens (tertiary/aromatic N) is 1. The van der Waals surface area contributed by atoms with Crippen LogP contribution in [0.4, 0.5) is 0 Å². The first kappa shape index (κ1) is 14.7. The standard InChI is InChI=1S/C13H19I2N/c1-3-4-5-6-7-10(2)11-8-12(14)13(15)16-9-11/h8-10H,3-7H2,1-2H3. The van der Waals surface area contributed by atoms with Gasteiger partial charge in [0.1, 0.15) is 3.70 Å². The van der Waals surface area contributed by atoms with Gasteiger partial charge in [-0.15, -0.1) is 0 Å². The molecule has 1 nitrogen and oxygen atoms in total. The quantitative estimate of drug-likeness (QED) is 0.328. The summed E-state index contributed by atoms with van der Waals surface area (Å²) in [5.41, 5.74) is 1.39. The molecule has 1 aromatic rings. The van der Waals surface area contributed by atoms with E-state index in [4.69, 9.17) is 0 Å². The minimum absolute atomic E-state index is 0.648. The molecule has 1 unspecified atom stereocenters. The SMILES string of the molecule is CCCCCCC(C)c1cnc(I)c(I)c1. The van der Waals surface area contributed by atoms with Crippen LogP contribution in [0.15, 0.2) is 12.3 Å². The monoisotopic (exact) mass is 443 g/mol. The van der Waals surface area contributed by atoms with E-state index in [1.54, 1.807) is 0 Å². The lowest BCUT2D eigenvalue weighted by Crippen LogP contribution is -1.97. The molecule has 0 aliphatic rings. The molecule has 0 saturated heterocycles. The van der Waals surface area contributed by atoms with E-state index < -0.39 is 0 Å². The minimum Gasteiger partial charge on any atom is -0.249 e. The summed E-state index contributed by atoms with van der Waals surface area (Å²) in [6.45, 7) is 4.57. The van der Waals surface area contributed by atoms with E-state index in [2.05, 4.69) is 70.1 Å². The fourth-order valence-corrected chi connectivity index (χ4v) is 2.54. The van der Waals surface area contributed by atoms with Crippen LogP contribution in [0.25, 0.3) is 0 Å². The lowest BCUT2D eigenvalue weighted by molar-refractivity contribution is 0.578. The fraction of sp³-hybridized carbons (Fsp3) is 0.615. The molecular formula is C13H19I2N. The molecule has 0 fully saturated rings. The molecule has 0 aliphatic heterocycles. The fourth-order valence-electron chi connectivity index (χ4n) is 1.75. The summed E-state index contributed by atoms with van der Waals surface area (Å²) in [5, 5.41) is 0. The number of aromatic nitrogens is 1. The molecule has 90 valence electrons. The van der Waals surface area contributed by atoms with Gasteiger partial charge < -0.3 is 0 Å². The van der Waals surface area contributed by atoms with E-state index >= 15 is 0 Å². The highest BCUT2D eigenvalue weighted by molar-refractivity contribution is 14.1. The Morgan fingerprint density at radius 3 is 2.62 bits per heavy atom. The van der Waals surface area contributed by atoms with Gasteiger partial charge in [0.2, 0.25) is 0 Å². The van der Waals surface area contributed by atoms with Crippen LogP contribution >= 0.6 is 45.2 Å². The summed E-state index contributed by atoms with van der Waals surface area (Å²) in [7, 11) is 0. The molecule has 0 spiro atoms. The van der Waals surface area contributed by atoms with Crippen molar-refractivity contribution in [2.24, 2.45) is 0 Å². The van der Waals surface area contributed by atoms with Gasteiger partial charge in [0.25, 0.3) is 0 Å². The first-order valence-electron chi connectivity index (χ1n) is 5.96. The van der Waals surface area contributed by atoms with Gasteiger partial charge in [-0.25, -0.2) is 4.98 Å². The Morgan fingerprint density at radius 1 is 1.25 bits per heavy atom. The molecule has 1 atom stereocenters. The molecule has 1 heterocycles. The van der Waals surface area contributed by atoms with Crippen molar-refractivity contribution in [1.29, 1.82) is 0 Å². The Bertz CT molecular complexity index is 326. The third-order valence-corrected chi connectivity index (χ3v) is 5.59. The number of hydrogen-bond donors (Lipinski definition) is 0. The van der Waals surface area contributed by atoms with Crippen molar-refractivity contribution in [3.63, 3.8) is 0 Å². The van der Waals surface area contributed by atoms with Crippen molar-refractivity contribution < 1.29 is 0 Å². The molecule has 1 aromatic heterocycles. The van der Waals surface area contributed by atoms with Crippen LogP contribution in [0.5, 0.6) is 0 Å². The smallest absolute Gasteiger partial charge is 0.114 e. The van der Waals surface area contributed by atoms with Crippen molar-refractivity contribution >= 4 is 45.2 Å². The average molecular weight is 443 g/mol. The lowest BCUT2D eigenvalue weighted by Gasteiger charge is -2.12. The van der Waals surface area contributed by atoms with Crippen LogP contribution in [-0.4, -0.2) is 4.98 Å². The zero-order chi connectivity index (χ0) is 12.0. The number of unbranched alkanes of at least 4 members (excludes halogenated alkanes) is 3. The molecule has 16 heavy (non-hydrogen) atoms.